The van der Waals surface area contributed by atoms with E-state index in [1.165, 1.54) is 19.3 Å². The molecule has 0 spiro atoms. The average Bonchev–Trinajstić information content (AvgIpc) is 2.56. The molecule has 1 aliphatic carbocycles. The highest BCUT2D eigenvalue weighted by Crippen LogP contribution is 2.37. The highest BCUT2D eigenvalue weighted by molar-refractivity contribution is 4.90. The highest BCUT2D eigenvalue weighted by Gasteiger charge is 2.34. The minimum Gasteiger partial charge on any atom is -0.376 e. The number of rotatable bonds is 3. The zero-order chi connectivity index (χ0) is 10.7. The van der Waals surface area contributed by atoms with Gasteiger partial charge in [0, 0.05) is 12.6 Å². The molecule has 88 valence electrons. The molecule has 15 heavy (non-hydrogen) atoms. The summed E-state index contributed by atoms with van der Waals surface area (Å²) in [6, 6.07) is 0.656. The smallest absolute Gasteiger partial charge is 0.0933 e. The van der Waals surface area contributed by atoms with Crippen LogP contribution in [0.5, 0.6) is 0 Å². The van der Waals surface area contributed by atoms with Crippen LogP contribution in [0, 0.1) is 5.41 Å². The molecule has 1 N–H and O–H groups in total. The van der Waals surface area contributed by atoms with E-state index < -0.39 is 0 Å². The van der Waals surface area contributed by atoms with Crippen molar-refractivity contribution in [2.45, 2.75) is 45.3 Å². The van der Waals surface area contributed by atoms with Gasteiger partial charge in [0.2, 0.25) is 0 Å². The molecular formula is C12H23NO2. The van der Waals surface area contributed by atoms with Crippen molar-refractivity contribution in [3.05, 3.63) is 0 Å². The molecule has 1 saturated heterocycles. The van der Waals surface area contributed by atoms with E-state index in [0.29, 0.717) is 11.5 Å². The van der Waals surface area contributed by atoms with Gasteiger partial charge < -0.3 is 14.8 Å². The fraction of sp³-hybridized carbons (Fsp3) is 1.00. The zero-order valence-corrected chi connectivity index (χ0v) is 9.92. The quantitative estimate of drug-likeness (QED) is 0.772. The summed E-state index contributed by atoms with van der Waals surface area (Å²) in [5, 5.41) is 3.64. The van der Waals surface area contributed by atoms with Crippen LogP contribution in [0.2, 0.25) is 0 Å². The minimum atomic E-state index is 0.259. The molecule has 0 radical (unpaired) electrons. The Bertz CT molecular complexity index is 200. The van der Waals surface area contributed by atoms with Crippen LogP contribution in [0.15, 0.2) is 0 Å². The molecule has 2 unspecified atom stereocenters. The van der Waals surface area contributed by atoms with Gasteiger partial charge in [-0.2, -0.15) is 0 Å². The molecule has 1 aliphatic heterocycles. The molecule has 1 heterocycles. The second-order valence-corrected chi connectivity index (χ2v) is 5.41. The van der Waals surface area contributed by atoms with Crippen LogP contribution in [0.25, 0.3) is 0 Å². The Morgan fingerprint density at radius 3 is 2.80 bits per heavy atom. The van der Waals surface area contributed by atoms with Crippen molar-refractivity contribution in [1.82, 2.24) is 5.32 Å². The maximum atomic E-state index is 5.62. The van der Waals surface area contributed by atoms with Crippen molar-refractivity contribution in [1.29, 1.82) is 0 Å². The van der Waals surface area contributed by atoms with Gasteiger partial charge in [0.25, 0.3) is 0 Å². The van der Waals surface area contributed by atoms with E-state index in [1.807, 2.05) is 0 Å². The van der Waals surface area contributed by atoms with E-state index in [1.54, 1.807) is 0 Å². The number of ether oxygens (including phenoxy) is 2. The summed E-state index contributed by atoms with van der Waals surface area (Å²) in [5.74, 6) is 0. The molecule has 3 heteroatoms. The predicted octanol–water partition coefficient (Wildman–Crippen LogP) is 1.57. The van der Waals surface area contributed by atoms with Crippen LogP contribution in [0.3, 0.4) is 0 Å². The molecule has 0 aromatic heterocycles. The van der Waals surface area contributed by atoms with Crippen LogP contribution >= 0.6 is 0 Å². The molecule has 2 atom stereocenters. The van der Waals surface area contributed by atoms with Crippen molar-refractivity contribution in [2.75, 3.05) is 26.4 Å². The van der Waals surface area contributed by atoms with Crippen LogP contribution in [-0.2, 0) is 9.47 Å². The van der Waals surface area contributed by atoms with Gasteiger partial charge in [-0.15, -0.1) is 0 Å². The van der Waals surface area contributed by atoms with Crippen molar-refractivity contribution in [2.24, 2.45) is 5.41 Å². The maximum absolute atomic E-state index is 5.62. The summed E-state index contributed by atoms with van der Waals surface area (Å²) in [6.07, 6.45) is 4.26. The van der Waals surface area contributed by atoms with E-state index >= 15 is 0 Å². The maximum Gasteiger partial charge on any atom is 0.0933 e. The van der Waals surface area contributed by atoms with Crippen LogP contribution in [0.1, 0.15) is 33.1 Å². The molecule has 0 amide bonds. The fourth-order valence-corrected chi connectivity index (χ4v) is 2.63. The van der Waals surface area contributed by atoms with Crippen molar-refractivity contribution in [3.63, 3.8) is 0 Å². The zero-order valence-electron chi connectivity index (χ0n) is 9.92. The Balaban J connectivity index is 1.72. The van der Waals surface area contributed by atoms with Gasteiger partial charge in [-0.3, -0.25) is 0 Å². The third-order valence-corrected chi connectivity index (χ3v) is 3.73. The van der Waals surface area contributed by atoms with Crippen molar-refractivity contribution < 1.29 is 9.47 Å². The summed E-state index contributed by atoms with van der Waals surface area (Å²) in [4.78, 5) is 0. The first-order valence-corrected chi connectivity index (χ1v) is 6.11. The van der Waals surface area contributed by atoms with Crippen LogP contribution in [0.4, 0.5) is 0 Å². The lowest BCUT2D eigenvalue weighted by Crippen LogP contribution is -2.45. The van der Waals surface area contributed by atoms with Gasteiger partial charge in [-0.05, 0) is 18.3 Å². The third-order valence-electron chi connectivity index (χ3n) is 3.73. The molecular weight excluding hydrogens is 190 g/mol. The summed E-state index contributed by atoms with van der Waals surface area (Å²) in [7, 11) is 0. The van der Waals surface area contributed by atoms with Gasteiger partial charge in [-0.1, -0.05) is 20.3 Å². The Morgan fingerprint density at radius 1 is 1.33 bits per heavy atom. The first kappa shape index (κ1) is 11.4. The second-order valence-electron chi connectivity index (χ2n) is 5.41. The Morgan fingerprint density at radius 2 is 2.20 bits per heavy atom. The highest BCUT2D eigenvalue weighted by atomic mass is 16.6. The number of hydrogen-bond acceptors (Lipinski definition) is 3. The topological polar surface area (TPSA) is 30.5 Å². The third kappa shape index (κ3) is 2.92. The minimum absolute atomic E-state index is 0.259. The van der Waals surface area contributed by atoms with Crippen molar-refractivity contribution >= 4 is 0 Å². The molecule has 2 fully saturated rings. The molecule has 1 saturated carbocycles. The Labute approximate surface area is 92.5 Å². The molecule has 2 aliphatic rings. The van der Waals surface area contributed by atoms with E-state index in [0.717, 1.165) is 26.4 Å². The predicted molar refractivity (Wildman–Crippen MR) is 60.0 cm³/mol. The first-order valence-electron chi connectivity index (χ1n) is 6.11. The van der Waals surface area contributed by atoms with E-state index in [4.69, 9.17) is 9.47 Å². The SMILES string of the molecule is CC1(C)CCCC1NCC1COCCO1. The van der Waals surface area contributed by atoms with E-state index in [2.05, 4.69) is 19.2 Å². The van der Waals surface area contributed by atoms with Crippen molar-refractivity contribution in [3.8, 4) is 0 Å². The van der Waals surface area contributed by atoms with Gasteiger partial charge in [0.05, 0.1) is 25.9 Å². The van der Waals surface area contributed by atoms with E-state index in [9.17, 15) is 0 Å². The fourth-order valence-electron chi connectivity index (χ4n) is 2.63. The lowest BCUT2D eigenvalue weighted by atomic mass is 9.87. The Kier molecular flexibility index (Phi) is 3.65. The van der Waals surface area contributed by atoms with Crippen LogP contribution < -0.4 is 5.32 Å². The lowest BCUT2D eigenvalue weighted by molar-refractivity contribution is -0.0877. The average molecular weight is 213 g/mol. The summed E-state index contributed by atoms with van der Waals surface area (Å²) < 4.78 is 11.0. The molecule has 0 bridgehead atoms. The Hall–Kier alpha value is -0.120. The summed E-state index contributed by atoms with van der Waals surface area (Å²) in [6.45, 7) is 7.91. The van der Waals surface area contributed by atoms with Crippen LogP contribution in [-0.4, -0.2) is 38.5 Å². The first-order chi connectivity index (χ1) is 7.18. The second kappa shape index (κ2) is 4.81. The number of nitrogens with one attached hydrogen (secondary N) is 1. The normalized spacial score (nSPS) is 35.6. The van der Waals surface area contributed by atoms with Gasteiger partial charge in [0.15, 0.2) is 0 Å². The standard InChI is InChI=1S/C12H23NO2/c1-12(2)5-3-4-11(12)13-8-10-9-14-6-7-15-10/h10-11,13H,3-9H2,1-2H3. The summed E-state index contributed by atoms with van der Waals surface area (Å²) >= 11 is 0. The molecule has 0 aromatic rings. The van der Waals surface area contributed by atoms with E-state index in [-0.39, 0.29) is 6.10 Å². The monoisotopic (exact) mass is 213 g/mol. The molecule has 2 rings (SSSR count). The molecule has 3 nitrogen and oxygen atoms in total. The van der Waals surface area contributed by atoms with Gasteiger partial charge >= 0.3 is 0 Å². The lowest BCUT2D eigenvalue weighted by Gasteiger charge is -2.31. The van der Waals surface area contributed by atoms with Gasteiger partial charge in [-0.25, -0.2) is 0 Å². The summed E-state index contributed by atoms with van der Waals surface area (Å²) in [5.41, 5.74) is 0.454. The van der Waals surface area contributed by atoms with Gasteiger partial charge in [0.1, 0.15) is 0 Å². The number of hydrogen-bond donors (Lipinski definition) is 1. The molecule has 0 aromatic carbocycles. The largest absolute Gasteiger partial charge is 0.376 e.